The van der Waals surface area contributed by atoms with Gasteiger partial charge in [0.2, 0.25) is 12.3 Å². The van der Waals surface area contributed by atoms with E-state index in [1.807, 2.05) is 75.2 Å². The van der Waals surface area contributed by atoms with Crippen LogP contribution >= 0.6 is 0 Å². The fourth-order valence-electron chi connectivity index (χ4n) is 4.50. The van der Waals surface area contributed by atoms with Gasteiger partial charge in [-0.2, -0.15) is 10.1 Å². The van der Waals surface area contributed by atoms with Gasteiger partial charge in [-0.05, 0) is 50.6 Å². The van der Waals surface area contributed by atoms with Crippen LogP contribution in [0.5, 0.6) is 0 Å². The molecule has 0 fully saturated rings. The molecule has 1 unspecified atom stereocenters. The number of aliphatic hydroxyl groups excluding tert-OH is 1. The van der Waals surface area contributed by atoms with Gasteiger partial charge >= 0.3 is 0 Å². The highest BCUT2D eigenvalue weighted by Gasteiger charge is 2.31. The van der Waals surface area contributed by atoms with Gasteiger partial charge in [0, 0.05) is 48.9 Å². The number of nitrogens with one attached hydrogen (secondary N) is 2. The summed E-state index contributed by atoms with van der Waals surface area (Å²) in [6.45, 7) is 6.25. The molecule has 0 spiro atoms. The Hall–Kier alpha value is -4.44. The van der Waals surface area contributed by atoms with Crippen LogP contribution in [-0.4, -0.2) is 44.2 Å². The molecule has 1 aliphatic heterocycles. The minimum atomic E-state index is -0.962. The summed E-state index contributed by atoms with van der Waals surface area (Å²) >= 11 is 0. The maximum atomic E-state index is 12.8. The summed E-state index contributed by atoms with van der Waals surface area (Å²) in [6, 6.07) is 15.0. The number of benzene rings is 2. The van der Waals surface area contributed by atoms with E-state index in [9.17, 15) is 9.90 Å². The van der Waals surface area contributed by atoms with Crippen LogP contribution < -0.4 is 20.4 Å². The van der Waals surface area contributed by atoms with Crippen molar-refractivity contribution in [3.8, 4) is 0 Å². The molecule has 3 N–H and O–H groups in total. The van der Waals surface area contributed by atoms with Gasteiger partial charge in [-0.3, -0.25) is 9.48 Å². The van der Waals surface area contributed by atoms with Crippen LogP contribution in [0.25, 0.3) is 0 Å². The van der Waals surface area contributed by atoms with Crippen molar-refractivity contribution in [1.29, 1.82) is 0 Å². The van der Waals surface area contributed by atoms with Crippen molar-refractivity contribution in [1.82, 2.24) is 19.7 Å². The maximum Gasteiger partial charge on any atom is 0.255 e. The van der Waals surface area contributed by atoms with E-state index >= 15 is 0 Å². The predicted molar refractivity (Wildman–Crippen MR) is 144 cm³/mol. The summed E-state index contributed by atoms with van der Waals surface area (Å²) in [6.07, 6.45) is 0.803. The molecule has 4 aromatic rings. The average molecular weight is 499 g/mol. The summed E-state index contributed by atoms with van der Waals surface area (Å²) in [4.78, 5) is 25.5. The number of aliphatic hydroxyl groups is 1. The van der Waals surface area contributed by atoms with Crippen molar-refractivity contribution in [3.05, 3.63) is 82.7 Å². The molecule has 5 rings (SSSR count). The zero-order chi connectivity index (χ0) is 26.3. The van der Waals surface area contributed by atoms with E-state index in [0.717, 1.165) is 33.9 Å². The lowest BCUT2D eigenvalue weighted by molar-refractivity contribution is 0.102. The summed E-state index contributed by atoms with van der Waals surface area (Å²) < 4.78 is 1.73. The number of carbonyl (C=O) groups is 1. The Morgan fingerprint density at radius 1 is 1.08 bits per heavy atom. The monoisotopic (exact) mass is 498 g/mol. The molecule has 0 saturated heterocycles. The van der Waals surface area contributed by atoms with Crippen molar-refractivity contribution < 1.29 is 9.90 Å². The van der Waals surface area contributed by atoms with Gasteiger partial charge < -0.3 is 25.5 Å². The van der Waals surface area contributed by atoms with Crippen LogP contribution in [0, 0.1) is 20.8 Å². The highest BCUT2D eigenvalue weighted by Crippen LogP contribution is 2.34. The average Bonchev–Trinajstić information content (AvgIpc) is 3.19. The van der Waals surface area contributed by atoms with E-state index in [1.165, 1.54) is 0 Å². The second-order valence-electron chi connectivity index (χ2n) is 9.37. The number of anilines is 5. The van der Waals surface area contributed by atoms with Crippen LogP contribution in [-0.2, 0) is 13.6 Å². The molecule has 3 heterocycles. The van der Waals surface area contributed by atoms with Gasteiger partial charge in [-0.1, -0.05) is 23.8 Å². The third-order valence-corrected chi connectivity index (χ3v) is 6.44. The third-order valence-electron chi connectivity index (χ3n) is 6.44. The lowest BCUT2D eigenvalue weighted by Gasteiger charge is -2.41. The lowest BCUT2D eigenvalue weighted by Crippen LogP contribution is -2.51. The van der Waals surface area contributed by atoms with Crippen LogP contribution in [0.1, 0.15) is 32.7 Å². The maximum absolute atomic E-state index is 12.8. The van der Waals surface area contributed by atoms with E-state index < -0.39 is 6.35 Å². The molecular formula is C27H30N8O2. The van der Waals surface area contributed by atoms with Crippen LogP contribution in [0.4, 0.5) is 29.0 Å². The Bertz CT molecular complexity index is 1480. The third kappa shape index (κ3) is 4.83. The number of rotatable bonds is 5. The van der Waals surface area contributed by atoms with Crippen LogP contribution in [0.2, 0.25) is 0 Å². The first-order valence-electron chi connectivity index (χ1n) is 12.0. The van der Waals surface area contributed by atoms with Gasteiger partial charge in [0.25, 0.3) is 5.91 Å². The van der Waals surface area contributed by atoms with Crippen molar-refractivity contribution in [2.45, 2.75) is 33.7 Å². The quantitative estimate of drug-likeness (QED) is 0.380. The molecule has 10 heteroatoms. The minimum absolute atomic E-state index is 0.183. The molecule has 1 aliphatic rings. The molecule has 0 radical (unpaired) electrons. The normalized spacial score (nSPS) is 14.9. The Morgan fingerprint density at radius 3 is 2.62 bits per heavy atom. The van der Waals surface area contributed by atoms with Crippen molar-refractivity contribution in [2.24, 2.45) is 7.05 Å². The van der Waals surface area contributed by atoms with Crippen molar-refractivity contribution in [3.63, 3.8) is 0 Å². The molecule has 2 aromatic carbocycles. The summed E-state index contributed by atoms with van der Waals surface area (Å²) in [5.41, 5.74) is 5.79. The minimum Gasteiger partial charge on any atom is -0.356 e. The fourth-order valence-corrected chi connectivity index (χ4v) is 4.50. The number of hydrogen-bond donors (Lipinski definition) is 3. The standard InChI is InChI=1S/C27H30N8O2/c1-16-7-6-8-19(11-16)25(36)29-21-10-9-17(2)22(13-21)35-15-20-14-28-26(31-24(20)33(4)27(35)37)30-23-12-18(3)32-34(23)5/h6-14,27,37H,15H2,1-5H3,(H,29,36)(H,28,30,31). The van der Waals surface area contributed by atoms with Crippen molar-refractivity contribution in [2.75, 3.05) is 27.5 Å². The zero-order valence-corrected chi connectivity index (χ0v) is 21.5. The number of fused-ring (bicyclic) bond motifs is 1. The second kappa shape index (κ2) is 9.55. The first-order chi connectivity index (χ1) is 17.7. The zero-order valence-electron chi connectivity index (χ0n) is 21.5. The lowest BCUT2D eigenvalue weighted by atomic mass is 10.1. The van der Waals surface area contributed by atoms with Gasteiger partial charge in [-0.15, -0.1) is 0 Å². The molecule has 0 bridgehead atoms. The Balaban J connectivity index is 1.39. The van der Waals surface area contributed by atoms with Gasteiger partial charge in [-0.25, -0.2) is 4.98 Å². The predicted octanol–water partition coefficient (Wildman–Crippen LogP) is 3.86. The molecular weight excluding hydrogens is 468 g/mol. The molecule has 1 amide bonds. The highest BCUT2D eigenvalue weighted by molar-refractivity contribution is 6.04. The molecule has 0 saturated carbocycles. The Morgan fingerprint density at radius 2 is 1.89 bits per heavy atom. The van der Waals surface area contributed by atoms with E-state index in [-0.39, 0.29) is 5.91 Å². The number of aryl methyl sites for hydroxylation is 4. The molecule has 10 nitrogen and oxygen atoms in total. The second-order valence-corrected chi connectivity index (χ2v) is 9.37. The molecule has 2 aromatic heterocycles. The summed E-state index contributed by atoms with van der Waals surface area (Å²) in [5, 5.41) is 21.7. The van der Waals surface area contributed by atoms with Crippen LogP contribution in [0.15, 0.2) is 54.7 Å². The van der Waals surface area contributed by atoms with Gasteiger partial charge in [0.15, 0.2) is 0 Å². The fraction of sp³-hybridized carbons (Fsp3) is 0.259. The first-order valence-corrected chi connectivity index (χ1v) is 12.0. The number of amides is 1. The Labute approximate surface area is 215 Å². The van der Waals surface area contributed by atoms with E-state index in [2.05, 4.69) is 25.7 Å². The van der Waals surface area contributed by atoms with Crippen LogP contribution in [0.3, 0.4) is 0 Å². The van der Waals surface area contributed by atoms with E-state index in [4.69, 9.17) is 0 Å². The van der Waals surface area contributed by atoms with Gasteiger partial charge in [0.05, 0.1) is 12.2 Å². The molecule has 1 atom stereocenters. The van der Waals surface area contributed by atoms with Crippen molar-refractivity contribution >= 4 is 34.9 Å². The molecule has 37 heavy (non-hydrogen) atoms. The largest absolute Gasteiger partial charge is 0.356 e. The summed E-state index contributed by atoms with van der Waals surface area (Å²) in [5.74, 6) is 1.66. The number of carbonyl (C=O) groups excluding carboxylic acids is 1. The molecule has 190 valence electrons. The van der Waals surface area contributed by atoms with E-state index in [1.54, 1.807) is 28.9 Å². The SMILES string of the molecule is Cc1cccc(C(=O)Nc2ccc(C)c(N3Cc4cnc(Nc5cc(C)nn5C)nc4N(C)C3O)c2)c1. The van der Waals surface area contributed by atoms with Gasteiger partial charge in [0.1, 0.15) is 11.6 Å². The smallest absolute Gasteiger partial charge is 0.255 e. The highest BCUT2D eigenvalue weighted by atomic mass is 16.3. The number of hydrogen-bond acceptors (Lipinski definition) is 8. The summed E-state index contributed by atoms with van der Waals surface area (Å²) in [7, 11) is 3.64. The number of nitrogens with zero attached hydrogens (tertiary/aromatic N) is 6. The van der Waals surface area contributed by atoms with E-state index in [0.29, 0.717) is 29.6 Å². The number of aromatic nitrogens is 4. The first kappa shape index (κ1) is 24.3. The molecule has 0 aliphatic carbocycles. The Kier molecular flexibility index (Phi) is 6.26. The topological polar surface area (TPSA) is 111 Å².